The van der Waals surface area contributed by atoms with Gasteiger partial charge in [-0.25, -0.2) is 0 Å². The van der Waals surface area contributed by atoms with Gasteiger partial charge in [0.15, 0.2) is 0 Å². The Bertz CT molecular complexity index is 378. The first kappa shape index (κ1) is 16.7. The van der Waals surface area contributed by atoms with Crippen molar-refractivity contribution in [3.05, 3.63) is 35.9 Å². The van der Waals surface area contributed by atoms with E-state index >= 15 is 0 Å². The van der Waals surface area contributed by atoms with E-state index in [1.165, 1.54) is 0 Å². The predicted octanol–water partition coefficient (Wildman–Crippen LogP) is 3.06. The molecule has 3 nitrogen and oxygen atoms in total. The summed E-state index contributed by atoms with van der Waals surface area (Å²) in [5, 5.41) is 3.08. The summed E-state index contributed by atoms with van der Waals surface area (Å²) in [6, 6.07) is 10.1. The van der Waals surface area contributed by atoms with E-state index in [0.29, 0.717) is 5.92 Å². The Labute approximate surface area is 122 Å². The SMILES string of the molecule is CCC(C)C(C(=O)NCCCCCN)c1ccccc1. The van der Waals surface area contributed by atoms with Gasteiger partial charge < -0.3 is 11.1 Å². The Morgan fingerprint density at radius 2 is 1.90 bits per heavy atom. The van der Waals surface area contributed by atoms with Crippen LogP contribution in [0, 0.1) is 5.92 Å². The molecule has 0 aliphatic carbocycles. The Hall–Kier alpha value is -1.35. The van der Waals surface area contributed by atoms with Crippen molar-refractivity contribution in [2.24, 2.45) is 11.7 Å². The quantitative estimate of drug-likeness (QED) is 0.681. The number of nitrogens with one attached hydrogen (secondary N) is 1. The second-order valence-electron chi connectivity index (χ2n) is 5.41. The molecule has 0 heterocycles. The smallest absolute Gasteiger partial charge is 0.227 e. The summed E-state index contributed by atoms with van der Waals surface area (Å²) < 4.78 is 0. The van der Waals surface area contributed by atoms with E-state index in [0.717, 1.165) is 44.3 Å². The fourth-order valence-electron chi connectivity index (χ4n) is 2.40. The van der Waals surface area contributed by atoms with E-state index in [2.05, 4.69) is 19.2 Å². The first-order valence-corrected chi connectivity index (χ1v) is 7.73. The highest BCUT2D eigenvalue weighted by atomic mass is 16.1. The lowest BCUT2D eigenvalue weighted by atomic mass is 9.85. The molecular weight excluding hydrogens is 248 g/mol. The third-order valence-electron chi connectivity index (χ3n) is 3.83. The molecular formula is C17H28N2O. The molecule has 0 radical (unpaired) electrons. The van der Waals surface area contributed by atoms with Crippen molar-refractivity contribution in [2.45, 2.75) is 45.4 Å². The number of benzene rings is 1. The van der Waals surface area contributed by atoms with Crippen molar-refractivity contribution < 1.29 is 4.79 Å². The fraction of sp³-hybridized carbons (Fsp3) is 0.588. The first-order chi connectivity index (χ1) is 9.70. The van der Waals surface area contributed by atoms with Gasteiger partial charge in [0, 0.05) is 6.54 Å². The Balaban J connectivity index is 2.58. The maximum Gasteiger partial charge on any atom is 0.227 e. The van der Waals surface area contributed by atoms with Crippen LogP contribution in [0.25, 0.3) is 0 Å². The average Bonchev–Trinajstić information content (AvgIpc) is 2.48. The van der Waals surface area contributed by atoms with Gasteiger partial charge in [0.25, 0.3) is 0 Å². The largest absolute Gasteiger partial charge is 0.356 e. The summed E-state index contributed by atoms with van der Waals surface area (Å²) in [6.07, 6.45) is 4.12. The Kier molecular flexibility index (Phi) is 7.97. The number of carbonyl (C=O) groups is 1. The molecule has 0 aliphatic rings. The predicted molar refractivity (Wildman–Crippen MR) is 84.6 cm³/mol. The highest BCUT2D eigenvalue weighted by Gasteiger charge is 2.25. The van der Waals surface area contributed by atoms with Gasteiger partial charge >= 0.3 is 0 Å². The normalized spacial score (nSPS) is 13.8. The molecule has 1 rings (SSSR count). The third kappa shape index (κ3) is 5.33. The number of hydrogen-bond acceptors (Lipinski definition) is 2. The van der Waals surface area contributed by atoms with Gasteiger partial charge in [0.05, 0.1) is 5.92 Å². The van der Waals surface area contributed by atoms with Crippen LogP contribution >= 0.6 is 0 Å². The second kappa shape index (κ2) is 9.54. The lowest BCUT2D eigenvalue weighted by Crippen LogP contribution is -2.33. The molecule has 0 aromatic heterocycles. The van der Waals surface area contributed by atoms with E-state index in [1.54, 1.807) is 0 Å². The van der Waals surface area contributed by atoms with Crippen LogP contribution in [0.2, 0.25) is 0 Å². The monoisotopic (exact) mass is 276 g/mol. The van der Waals surface area contributed by atoms with Gasteiger partial charge in [-0.05, 0) is 30.9 Å². The Morgan fingerprint density at radius 1 is 1.20 bits per heavy atom. The zero-order chi connectivity index (χ0) is 14.8. The third-order valence-corrected chi connectivity index (χ3v) is 3.83. The van der Waals surface area contributed by atoms with Gasteiger partial charge in [-0.1, -0.05) is 57.0 Å². The molecule has 0 fully saturated rings. The van der Waals surface area contributed by atoms with E-state index in [1.807, 2.05) is 30.3 Å². The van der Waals surface area contributed by atoms with Gasteiger partial charge in [0.2, 0.25) is 5.91 Å². The number of rotatable bonds is 9. The highest BCUT2D eigenvalue weighted by Crippen LogP contribution is 2.27. The van der Waals surface area contributed by atoms with Crippen LogP contribution < -0.4 is 11.1 Å². The number of amides is 1. The van der Waals surface area contributed by atoms with E-state index in [9.17, 15) is 4.79 Å². The van der Waals surface area contributed by atoms with Gasteiger partial charge in [-0.3, -0.25) is 4.79 Å². The van der Waals surface area contributed by atoms with Crippen LogP contribution in [-0.4, -0.2) is 19.0 Å². The molecule has 2 unspecified atom stereocenters. The van der Waals surface area contributed by atoms with E-state index in [-0.39, 0.29) is 11.8 Å². The van der Waals surface area contributed by atoms with Crippen LogP contribution in [0.3, 0.4) is 0 Å². The van der Waals surface area contributed by atoms with Gasteiger partial charge in [-0.2, -0.15) is 0 Å². The molecule has 0 saturated heterocycles. The van der Waals surface area contributed by atoms with Crippen LogP contribution in [0.15, 0.2) is 30.3 Å². The summed E-state index contributed by atoms with van der Waals surface area (Å²) in [6.45, 7) is 5.76. The molecule has 0 aliphatic heterocycles. The van der Waals surface area contributed by atoms with E-state index in [4.69, 9.17) is 5.73 Å². The summed E-state index contributed by atoms with van der Waals surface area (Å²) in [5.41, 5.74) is 6.58. The van der Waals surface area contributed by atoms with Gasteiger partial charge in [-0.15, -0.1) is 0 Å². The molecule has 0 bridgehead atoms. The van der Waals surface area contributed by atoms with Crippen molar-refractivity contribution in [1.82, 2.24) is 5.32 Å². The molecule has 1 aromatic carbocycles. The molecule has 0 saturated carbocycles. The second-order valence-corrected chi connectivity index (χ2v) is 5.41. The summed E-state index contributed by atoms with van der Waals surface area (Å²) in [7, 11) is 0. The highest BCUT2D eigenvalue weighted by molar-refractivity contribution is 5.83. The zero-order valence-electron chi connectivity index (χ0n) is 12.8. The number of unbranched alkanes of at least 4 members (excludes halogenated alkanes) is 2. The molecule has 20 heavy (non-hydrogen) atoms. The standard InChI is InChI=1S/C17H28N2O/c1-3-14(2)16(15-10-6-4-7-11-15)17(20)19-13-9-5-8-12-18/h4,6-7,10-11,14,16H,3,5,8-9,12-13,18H2,1-2H3,(H,19,20). The lowest BCUT2D eigenvalue weighted by molar-refractivity contribution is -0.123. The number of nitrogens with two attached hydrogens (primary N) is 1. The molecule has 0 spiro atoms. The summed E-state index contributed by atoms with van der Waals surface area (Å²) in [4.78, 5) is 12.4. The molecule has 3 heteroatoms. The molecule has 112 valence electrons. The number of carbonyl (C=O) groups excluding carboxylic acids is 1. The average molecular weight is 276 g/mol. The minimum Gasteiger partial charge on any atom is -0.356 e. The molecule has 1 aromatic rings. The summed E-state index contributed by atoms with van der Waals surface area (Å²) in [5.74, 6) is 0.454. The van der Waals surface area contributed by atoms with Crippen LogP contribution in [-0.2, 0) is 4.79 Å². The maximum absolute atomic E-state index is 12.4. The Morgan fingerprint density at radius 3 is 2.50 bits per heavy atom. The fourth-order valence-corrected chi connectivity index (χ4v) is 2.40. The minimum absolute atomic E-state index is 0.0456. The maximum atomic E-state index is 12.4. The van der Waals surface area contributed by atoms with Crippen LogP contribution in [0.1, 0.15) is 51.0 Å². The molecule has 3 N–H and O–H groups in total. The van der Waals surface area contributed by atoms with Crippen molar-refractivity contribution in [2.75, 3.05) is 13.1 Å². The van der Waals surface area contributed by atoms with Crippen molar-refractivity contribution in [3.8, 4) is 0 Å². The zero-order valence-corrected chi connectivity index (χ0v) is 12.8. The topological polar surface area (TPSA) is 55.1 Å². The van der Waals surface area contributed by atoms with Crippen LogP contribution in [0.5, 0.6) is 0 Å². The van der Waals surface area contributed by atoms with Crippen molar-refractivity contribution in [1.29, 1.82) is 0 Å². The number of hydrogen-bond donors (Lipinski definition) is 2. The van der Waals surface area contributed by atoms with Crippen LogP contribution in [0.4, 0.5) is 0 Å². The molecule has 1 amide bonds. The first-order valence-electron chi connectivity index (χ1n) is 7.73. The molecule has 2 atom stereocenters. The van der Waals surface area contributed by atoms with Gasteiger partial charge in [0.1, 0.15) is 0 Å². The minimum atomic E-state index is -0.0456. The van der Waals surface area contributed by atoms with Crippen molar-refractivity contribution in [3.63, 3.8) is 0 Å². The summed E-state index contributed by atoms with van der Waals surface area (Å²) >= 11 is 0. The van der Waals surface area contributed by atoms with E-state index < -0.39 is 0 Å². The lowest BCUT2D eigenvalue weighted by Gasteiger charge is -2.22. The van der Waals surface area contributed by atoms with Crippen molar-refractivity contribution >= 4 is 5.91 Å².